The summed E-state index contributed by atoms with van der Waals surface area (Å²) < 4.78 is 2.55. The summed E-state index contributed by atoms with van der Waals surface area (Å²) in [5.74, 6) is -0.188. The van der Waals surface area contributed by atoms with E-state index in [1.807, 2.05) is 6.07 Å². The van der Waals surface area contributed by atoms with Crippen molar-refractivity contribution < 1.29 is 4.79 Å². The van der Waals surface area contributed by atoms with Gasteiger partial charge in [0.2, 0.25) is 0 Å². The molecule has 23 heavy (non-hydrogen) atoms. The number of nitrogens with one attached hydrogen (secondary N) is 1. The number of nitrogens with zero attached hydrogens (tertiary/aromatic N) is 1. The lowest BCUT2D eigenvalue weighted by Gasteiger charge is -2.09. The van der Waals surface area contributed by atoms with Crippen LogP contribution in [-0.4, -0.2) is 5.91 Å². The number of fused-ring (bicyclic) bond motifs is 1. The van der Waals surface area contributed by atoms with Crippen molar-refractivity contribution in [2.75, 3.05) is 5.32 Å². The third-order valence-corrected chi connectivity index (χ3v) is 7.94. The zero-order valence-corrected chi connectivity index (χ0v) is 18.0. The molecule has 0 spiro atoms. The number of anilines is 1. The molecule has 1 heterocycles. The summed E-state index contributed by atoms with van der Waals surface area (Å²) in [5, 5.41) is 13.1. The van der Waals surface area contributed by atoms with Gasteiger partial charge in [0.1, 0.15) is 11.1 Å². The Morgan fingerprint density at radius 3 is 2.78 bits per heavy atom. The number of hydrogen-bond acceptors (Lipinski definition) is 3. The summed E-state index contributed by atoms with van der Waals surface area (Å²) in [6, 6.07) is 5.97. The molecule has 7 heteroatoms. The predicted octanol–water partition coefficient (Wildman–Crippen LogP) is 5.88. The number of amides is 1. The highest BCUT2D eigenvalue weighted by Gasteiger charge is 2.23. The Bertz CT molecular complexity index is 842. The number of aryl methyl sites for hydroxylation is 1. The van der Waals surface area contributed by atoms with Crippen molar-refractivity contribution in [3.8, 4) is 6.07 Å². The maximum Gasteiger partial charge on any atom is 0.257 e. The second-order valence-electron chi connectivity index (χ2n) is 5.23. The van der Waals surface area contributed by atoms with Gasteiger partial charge in [-0.05, 0) is 81.9 Å². The first-order valence-electron chi connectivity index (χ1n) is 7.01. The molecule has 3 rings (SSSR count). The zero-order valence-electron chi connectivity index (χ0n) is 11.9. The molecule has 1 aliphatic carbocycles. The van der Waals surface area contributed by atoms with Crippen LogP contribution >= 0.6 is 65.8 Å². The lowest BCUT2D eigenvalue weighted by molar-refractivity contribution is 0.102. The summed E-state index contributed by atoms with van der Waals surface area (Å²) in [7, 11) is 0. The van der Waals surface area contributed by atoms with Gasteiger partial charge in [-0.3, -0.25) is 4.79 Å². The Morgan fingerprint density at radius 1 is 1.30 bits per heavy atom. The average molecular weight is 566 g/mol. The standard InChI is InChI=1S/C16H11Br2IN2OS/c17-8-5-10(14(19)12(18)6-8)15(22)21-16-11(7-20)9-3-1-2-4-13(9)23-16/h5-6H,1-4H2,(H,21,22). The number of carbonyl (C=O) groups excluding carboxylic acids is 1. The molecule has 3 nitrogen and oxygen atoms in total. The van der Waals surface area contributed by atoms with Crippen LogP contribution in [0.15, 0.2) is 21.1 Å². The van der Waals surface area contributed by atoms with Crippen LogP contribution in [0.3, 0.4) is 0 Å². The molecular weight excluding hydrogens is 555 g/mol. The Labute approximate surface area is 168 Å². The first-order chi connectivity index (χ1) is 11.0. The van der Waals surface area contributed by atoms with Crippen molar-refractivity contribution >= 4 is 76.7 Å². The van der Waals surface area contributed by atoms with Gasteiger partial charge in [-0.15, -0.1) is 11.3 Å². The van der Waals surface area contributed by atoms with Crippen LogP contribution in [-0.2, 0) is 12.8 Å². The molecule has 0 bridgehead atoms. The summed E-state index contributed by atoms with van der Waals surface area (Å²) in [4.78, 5) is 13.9. The van der Waals surface area contributed by atoms with Gasteiger partial charge in [0.25, 0.3) is 5.91 Å². The fourth-order valence-electron chi connectivity index (χ4n) is 2.66. The van der Waals surface area contributed by atoms with Crippen LogP contribution in [0.25, 0.3) is 0 Å². The van der Waals surface area contributed by atoms with E-state index in [2.05, 4.69) is 65.8 Å². The zero-order chi connectivity index (χ0) is 16.6. The minimum absolute atomic E-state index is 0.188. The minimum Gasteiger partial charge on any atom is -0.312 e. The molecule has 118 valence electrons. The van der Waals surface area contributed by atoms with Gasteiger partial charge < -0.3 is 5.32 Å². The summed E-state index contributed by atoms with van der Waals surface area (Å²) >= 11 is 10.6. The largest absolute Gasteiger partial charge is 0.312 e. The van der Waals surface area contributed by atoms with E-state index < -0.39 is 0 Å². The molecule has 1 amide bonds. The second-order valence-corrected chi connectivity index (χ2v) is 9.18. The fraction of sp³-hybridized carbons (Fsp3) is 0.250. The second kappa shape index (κ2) is 7.21. The number of halogens is 3. The van der Waals surface area contributed by atoms with E-state index in [-0.39, 0.29) is 5.91 Å². The molecule has 0 unspecified atom stereocenters. The number of thiophene rings is 1. The Kier molecular flexibility index (Phi) is 5.46. The van der Waals surface area contributed by atoms with Crippen molar-refractivity contribution in [2.24, 2.45) is 0 Å². The molecule has 1 aromatic carbocycles. The molecule has 1 N–H and O–H groups in total. The Morgan fingerprint density at radius 2 is 2.04 bits per heavy atom. The van der Waals surface area contributed by atoms with E-state index in [9.17, 15) is 10.1 Å². The van der Waals surface area contributed by atoms with Gasteiger partial charge in [0, 0.05) is 17.4 Å². The highest BCUT2D eigenvalue weighted by molar-refractivity contribution is 14.1. The number of nitriles is 1. The highest BCUT2D eigenvalue weighted by atomic mass is 127. The smallest absolute Gasteiger partial charge is 0.257 e. The van der Waals surface area contributed by atoms with Gasteiger partial charge >= 0.3 is 0 Å². The van der Waals surface area contributed by atoms with Crippen molar-refractivity contribution in [3.05, 3.63) is 46.2 Å². The van der Waals surface area contributed by atoms with E-state index in [4.69, 9.17) is 0 Å². The van der Waals surface area contributed by atoms with Crippen LogP contribution < -0.4 is 5.32 Å². The van der Waals surface area contributed by atoms with E-state index in [1.54, 1.807) is 17.4 Å². The SMILES string of the molecule is N#Cc1c(NC(=O)c2cc(Br)cc(Br)c2I)sc2c1CCCC2. The van der Waals surface area contributed by atoms with Gasteiger partial charge in [-0.1, -0.05) is 15.9 Å². The molecular formula is C16H11Br2IN2OS. The van der Waals surface area contributed by atoms with Crippen molar-refractivity contribution in [1.29, 1.82) is 5.26 Å². The molecule has 0 saturated carbocycles. The normalized spacial score (nSPS) is 13.3. The van der Waals surface area contributed by atoms with Crippen LogP contribution in [0, 0.1) is 14.9 Å². The van der Waals surface area contributed by atoms with E-state index >= 15 is 0 Å². The van der Waals surface area contributed by atoms with Gasteiger partial charge in [-0.2, -0.15) is 5.26 Å². The van der Waals surface area contributed by atoms with Crippen molar-refractivity contribution in [3.63, 3.8) is 0 Å². The van der Waals surface area contributed by atoms with Crippen LogP contribution in [0.1, 0.15) is 39.2 Å². The Balaban J connectivity index is 1.95. The maximum atomic E-state index is 12.7. The Hall–Kier alpha value is -0.430. The molecule has 0 atom stereocenters. The van der Waals surface area contributed by atoms with Gasteiger partial charge in [0.15, 0.2) is 0 Å². The molecule has 1 aromatic heterocycles. The van der Waals surface area contributed by atoms with Crippen molar-refractivity contribution in [1.82, 2.24) is 0 Å². The monoisotopic (exact) mass is 564 g/mol. The maximum absolute atomic E-state index is 12.7. The van der Waals surface area contributed by atoms with Gasteiger partial charge in [0.05, 0.1) is 11.1 Å². The topological polar surface area (TPSA) is 52.9 Å². The number of hydrogen-bond donors (Lipinski definition) is 1. The van der Waals surface area contributed by atoms with Crippen LogP contribution in [0.4, 0.5) is 5.00 Å². The molecule has 1 aliphatic rings. The molecule has 0 saturated heterocycles. The third-order valence-electron chi connectivity index (χ3n) is 3.75. The molecule has 0 radical (unpaired) electrons. The van der Waals surface area contributed by atoms with Crippen molar-refractivity contribution in [2.45, 2.75) is 25.7 Å². The summed E-state index contributed by atoms with van der Waals surface area (Å²) in [6.07, 6.45) is 4.21. The quantitative estimate of drug-likeness (QED) is 0.365. The third kappa shape index (κ3) is 3.50. The first-order valence-corrected chi connectivity index (χ1v) is 10.5. The molecule has 0 fully saturated rings. The summed E-state index contributed by atoms with van der Waals surface area (Å²) in [6.45, 7) is 0. The van der Waals surface area contributed by atoms with E-state index in [1.165, 1.54) is 4.88 Å². The fourth-order valence-corrected chi connectivity index (χ4v) is 5.68. The molecule has 2 aromatic rings. The number of carbonyl (C=O) groups is 1. The number of rotatable bonds is 2. The molecule has 0 aliphatic heterocycles. The number of benzene rings is 1. The van der Waals surface area contributed by atoms with Gasteiger partial charge in [-0.25, -0.2) is 0 Å². The van der Waals surface area contributed by atoms with E-state index in [0.29, 0.717) is 16.1 Å². The average Bonchev–Trinajstić information content (AvgIpc) is 2.87. The highest BCUT2D eigenvalue weighted by Crippen LogP contribution is 2.38. The van der Waals surface area contributed by atoms with Crippen LogP contribution in [0.5, 0.6) is 0 Å². The lowest BCUT2D eigenvalue weighted by atomic mass is 9.96. The first kappa shape index (κ1) is 17.4. The summed E-state index contributed by atoms with van der Waals surface area (Å²) in [5.41, 5.74) is 2.36. The minimum atomic E-state index is -0.188. The predicted molar refractivity (Wildman–Crippen MR) is 108 cm³/mol. The van der Waals surface area contributed by atoms with Crippen LogP contribution in [0.2, 0.25) is 0 Å². The lowest BCUT2D eigenvalue weighted by Crippen LogP contribution is -2.13. The van der Waals surface area contributed by atoms with E-state index in [0.717, 1.165) is 43.8 Å².